The van der Waals surface area contributed by atoms with Gasteiger partial charge in [-0.3, -0.25) is 4.31 Å². The van der Waals surface area contributed by atoms with Crippen LogP contribution in [-0.4, -0.2) is 35.7 Å². The Bertz CT molecular complexity index is 849. The Labute approximate surface area is 139 Å². The van der Waals surface area contributed by atoms with Crippen LogP contribution < -0.4 is 9.04 Å². The molecule has 6 nitrogen and oxygen atoms in total. The van der Waals surface area contributed by atoms with Crippen LogP contribution in [0.1, 0.15) is 10.4 Å². The molecule has 0 heterocycles. The molecule has 24 heavy (non-hydrogen) atoms. The highest BCUT2D eigenvalue weighted by molar-refractivity contribution is 7.92. The highest BCUT2D eigenvalue weighted by Crippen LogP contribution is 2.26. The molecule has 8 heteroatoms. The summed E-state index contributed by atoms with van der Waals surface area (Å²) in [4.78, 5) is 11.2. The molecule has 0 saturated heterocycles. The van der Waals surface area contributed by atoms with Crippen molar-refractivity contribution < 1.29 is 27.1 Å². The van der Waals surface area contributed by atoms with Gasteiger partial charge in [-0.05, 0) is 42.5 Å². The first-order valence-corrected chi connectivity index (χ1v) is 8.26. The first kappa shape index (κ1) is 17.7. The van der Waals surface area contributed by atoms with Gasteiger partial charge in [0.15, 0.2) is 11.6 Å². The molecule has 0 radical (unpaired) electrons. The van der Waals surface area contributed by atoms with Crippen molar-refractivity contribution in [2.24, 2.45) is 0 Å². The average molecular weight is 353 g/mol. The van der Waals surface area contributed by atoms with E-state index in [4.69, 9.17) is 4.74 Å². The molecule has 2 aromatic rings. The molecular formula is C16H16FNO5S. The number of esters is 1. The summed E-state index contributed by atoms with van der Waals surface area (Å²) in [7, 11) is -0.0704. The number of hydrogen-bond acceptors (Lipinski definition) is 5. The predicted molar refractivity (Wildman–Crippen MR) is 86.3 cm³/mol. The second-order valence-corrected chi connectivity index (χ2v) is 6.78. The van der Waals surface area contributed by atoms with Crippen LogP contribution in [0.5, 0.6) is 5.75 Å². The maximum Gasteiger partial charge on any atom is 0.337 e. The monoisotopic (exact) mass is 353 g/mol. The van der Waals surface area contributed by atoms with Gasteiger partial charge >= 0.3 is 5.97 Å². The van der Waals surface area contributed by atoms with Crippen molar-refractivity contribution in [2.75, 3.05) is 25.6 Å². The molecule has 0 aliphatic heterocycles. The third-order valence-electron chi connectivity index (χ3n) is 3.43. The maximum absolute atomic E-state index is 13.8. The van der Waals surface area contributed by atoms with E-state index < -0.39 is 21.8 Å². The van der Waals surface area contributed by atoms with Crippen molar-refractivity contribution in [1.82, 2.24) is 0 Å². The fraction of sp³-hybridized carbons (Fsp3) is 0.188. The highest BCUT2D eigenvalue weighted by atomic mass is 32.2. The molecule has 0 unspecified atom stereocenters. The number of benzene rings is 2. The molecular weight excluding hydrogens is 337 g/mol. The van der Waals surface area contributed by atoms with E-state index in [1.165, 1.54) is 57.7 Å². The summed E-state index contributed by atoms with van der Waals surface area (Å²) in [6.07, 6.45) is 0. The summed E-state index contributed by atoms with van der Waals surface area (Å²) in [5, 5.41) is 0. The maximum atomic E-state index is 13.8. The van der Waals surface area contributed by atoms with Crippen LogP contribution in [0.2, 0.25) is 0 Å². The van der Waals surface area contributed by atoms with Crippen molar-refractivity contribution in [2.45, 2.75) is 4.90 Å². The Balaban J connectivity index is 2.35. The summed E-state index contributed by atoms with van der Waals surface area (Å²) in [5.41, 5.74) is 0.612. The summed E-state index contributed by atoms with van der Waals surface area (Å²) >= 11 is 0. The lowest BCUT2D eigenvalue weighted by atomic mass is 10.2. The third-order valence-corrected chi connectivity index (χ3v) is 5.22. The molecule has 0 N–H and O–H groups in total. The molecule has 0 spiro atoms. The molecule has 0 amide bonds. The van der Waals surface area contributed by atoms with Crippen LogP contribution in [0.15, 0.2) is 47.4 Å². The number of anilines is 1. The fourth-order valence-electron chi connectivity index (χ4n) is 2.03. The highest BCUT2D eigenvalue weighted by Gasteiger charge is 2.23. The van der Waals surface area contributed by atoms with Crippen molar-refractivity contribution in [3.05, 3.63) is 53.8 Å². The summed E-state index contributed by atoms with van der Waals surface area (Å²) in [6.45, 7) is 0. The van der Waals surface area contributed by atoms with Crippen LogP contribution in [0.25, 0.3) is 0 Å². The van der Waals surface area contributed by atoms with Gasteiger partial charge in [-0.25, -0.2) is 17.6 Å². The van der Waals surface area contributed by atoms with E-state index in [0.717, 1.165) is 10.4 Å². The minimum Gasteiger partial charge on any atom is -0.494 e. The van der Waals surface area contributed by atoms with E-state index >= 15 is 0 Å². The Morgan fingerprint density at radius 1 is 1.08 bits per heavy atom. The predicted octanol–water partition coefficient (Wildman–Crippen LogP) is 2.45. The number of carbonyl (C=O) groups is 1. The van der Waals surface area contributed by atoms with Gasteiger partial charge < -0.3 is 9.47 Å². The molecule has 2 rings (SSSR count). The summed E-state index contributed by atoms with van der Waals surface area (Å²) < 4.78 is 49.3. The lowest BCUT2D eigenvalue weighted by Crippen LogP contribution is -2.26. The van der Waals surface area contributed by atoms with Crippen LogP contribution in [0.4, 0.5) is 10.1 Å². The fourth-order valence-corrected chi connectivity index (χ4v) is 3.24. The minimum atomic E-state index is -3.96. The van der Waals surface area contributed by atoms with Crippen LogP contribution in [0.3, 0.4) is 0 Å². The number of methoxy groups -OCH3 is 2. The van der Waals surface area contributed by atoms with Crippen LogP contribution in [-0.2, 0) is 14.8 Å². The SMILES string of the molecule is COC(=O)c1ccc(N(C)S(=O)(=O)c2ccc(OC)c(F)c2)cc1. The second-order valence-electron chi connectivity index (χ2n) is 4.81. The topological polar surface area (TPSA) is 72.9 Å². The molecule has 0 atom stereocenters. The van der Waals surface area contributed by atoms with Crippen molar-refractivity contribution in [3.63, 3.8) is 0 Å². The standard InChI is InChI=1S/C16H16FNO5S/c1-18(12-6-4-11(5-7-12)16(19)23-3)24(20,21)13-8-9-15(22-2)14(17)10-13/h4-10H,1-3H3. The van der Waals surface area contributed by atoms with Gasteiger partial charge in [0, 0.05) is 7.05 Å². The first-order chi connectivity index (χ1) is 11.3. The van der Waals surface area contributed by atoms with Crippen molar-refractivity contribution >= 4 is 21.7 Å². The van der Waals surface area contributed by atoms with Gasteiger partial charge in [-0.2, -0.15) is 0 Å². The number of sulfonamides is 1. The van der Waals surface area contributed by atoms with Crippen LogP contribution >= 0.6 is 0 Å². The second kappa shape index (κ2) is 6.88. The Morgan fingerprint density at radius 2 is 1.71 bits per heavy atom. The van der Waals surface area contributed by atoms with E-state index in [-0.39, 0.29) is 10.6 Å². The number of hydrogen-bond donors (Lipinski definition) is 0. The van der Waals surface area contributed by atoms with Gasteiger partial charge in [0.25, 0.3) is 10.0 Å². The van der Waals surface area contributed by atoms with E-state index in [1.807, 2.05) is 0 Å². The van der Waals surface area contributed by atoms with E-state index in [2.05, 4.69) is 4.74 Å². The largest absolute Gasteiger partial charge is 0.494 e. The van der Waals surface area contributed by atoms with E-state index in [0.29, 0.717) is 11.3 Å². The Hall–Kier alpha value is -2.61. The average Bonchev–Trinajstić information content (AvgIpc) is 2.60. The molecule has 0 aliphatic rings. The zero-order chi connectivity index (χ0) is 17.9. The Morgan fingerprint density at radius 3 is 2.21 bits per heavy atom. The summed E-state index contributed by atoms with van der Waals surface area (Å²) in [5.74, 6) is -1.34. The molecule has 2 aromatic carbocycles. The molecule has 128 valence electrons. The number of nitrogens with zero attached hydrogens (tertiary/aromatic N) is 1. The third kappa shape index (κ3) is 3.33. The minimum absolute atomic E-state index is 0.0426. The first-order valence-electron chi connectivity index (χ1n) is 6.82. The molecule has 0 aromatic heterocycles. The van der Waals surface area contributed by atoms with Gasteiger partial charge in [0.2, 0.25) is 0 Å². The lowest BCUT2D eigenvalue weighted by Gasteiger charge is -2.20. The summed E-state index contributed by atoms with van der Waals surface area (Å²) in [6, 6.07) is 9.22. The molecule has 0 bridgehead atoms. The number of carbonyl (C=O) groups excluding carboxylic acids is 1. The zero-order valence-electron chi connectivity index (χ0n) is 13.3. The number of rotatable bonds is 5. The number of ether oxygens (including phenoxy) is 2. The van der Waals surface area contributed by atoms with E-state index in [9.17, 15) is 17.6 Å². The van der Waals surface area contributed by atoms with Gasteiger partial charge in [-0.15, -0.1) is 0 Å². The van der Waals surface area contributed by atoms with Crippen molar-refractivity contribution in [1.29, 1.82) is 0 Å². The lowest BCUT2D eigenvalue weighted by molar-refractivity contribution is 0.0600. The van der Waals surface area contributed by atoms with Gasteiger partial charge in [-0.1, -0.05) is 0 Å². The molecule has 0 aliphatic carbocycles. The number of halogens is 1. The normalized spacial score (nSPS) is 11.0. The molecule has 0 saturated carbocycles. The zero-order valence-corrected chi connectivity index (χ0v) is 14.1. The smallest absolute Gasteiger partial charge is 0.337 e. The van der Waals surface area contributed by atoms with E-state index in [1.54, 1.807) is 0 Å². The Kier molecular flexibility index (Phi) is 5.08. The van der Waals surface area contributed by atoms with Crippen molar-refractivity contribution in [3.8, 4) is 5.75 Å². The molecule has 0 fully saturated rings. The van der Waals surface area contributed by atoms with Gasteiger partial charge in [0.05, 0.1) is 30.4 Å². The quantitative estimate of drug-likeness (QED) is 0.772. The van der Waals surface area contributed by atoms with Gasteiger partial charge in [0.1, 0.15) is 0 Å². The van der Waals surface area contributed by atoms with Crippen LogP contribution in [0, 0.1) is 5.82 Å².